The number of rotatable bonds is 4. The van der Waals surface area contributed by atoms with Crippen molar-refractivity contribution in [1.29, 1.82) is 0 Å². The van der Waals surface area contributed by atoms with Crippen molar-refractivity contribution < 1.29 is 4.92 Å². The topological polar surface area (TPSA) is 68.1 Å². The molecule has 5 nitrogen and oxygen atoms in total. The Morgan fingerprint density at radius 2 is 2.33 bits per heavy atom. The maximum atomic E-state index is 10.7. The number of thiazole rings is 1. The van der Waals surface area contributed by atoms with E-state index in [1.54, 1.807) is 23.6 Å². The minimum atomic E-state index is -0.411. The van der Waals surface area contributed by atoms with Crippen molar-refractivity contribution in [3.05, 3.63) is 49.4 Å². The molecule has 0 aliphatic rings. The van der Waals surface area contributed by atoms with E-state index in [2.05, 4.69) is 26.2 Å². The summed E-state index contributed by atoms with van der Waals surface area (Å²) < 4.78 is 0.788. The quantitative estimate of drug-likeness (QED) is 0.681. The fourth-order valence-corrected chi connectivity index (χ4v) is 2.49. The minimum Gasteiger partial charge on any atom is -0.375 e. The van der Waals surface area contributed by atoms with Crippen LogP contribution in [-0.4, -0.2) is 9.91 Å². The molecule has 0 aliphatic carbocycles. The third kappa shape index (κ3) is 2.85. The number of hydrogen-bond acceptors (Lipinski definition) is 5. The molecule has 0 amide bonds. The highest BCUT2D eigenvalue weighted by Crippen LogP contribution is 2.30. The van der Waals surface area contributed by atoms with Crippen molar-refractivity contribution in [2.45, 2.75) is 13.0 Å². The fraction of sp³-hybridized carbons (Fsp3) is 0.182. The molecule has 1 aromatic carbocycles. The summed E-state index contributed by atoms with van der Waals surface area (Å²) in [5.74, 6) is 0. The SMILES string of the molecule is CC(Nc1cc([N+](=O)[O-])ccc1Br)c1nccs1. The molecule has 0 fully saturated rings. The van der Waals surface area contributed by atoms with Gasteiger partial charge in [-0.15, -0.1) is 11.3 Å². The molecule has 0 spiro atoms. The smallest absolute Gasteiger partial charge is 0.271 e. The normalized spacial score (nSPS) is 12.1. The van der Waals surface area contributed by atoms with Crippen molar-refractivity contribution in [3.63, 3.8) is 0 Å². The zero-order chi connectivity index (χ0) is 13.1. The Hall–Kier alpha value is -1.47. The van der Waals surface area contributed by atoms with Gasteiger partial charge in [-0.2, -0.15) is 0 Å². The summed E-state index contributed by atoms with van der Waals surface area (Å²) in [5, 5.41) is 16.8. The van der Waals surface area contributed by atoms with Gasteiger partial charge in [0.05, 0.1) is 16.7 Å². The zero-order valence-electron chi connectivity index (χ0n) is 9.46. The number of anilines is 1. The van der Waals surface area contributed by atoms with Crippen LogP contribution in [0.5, 0.6) is 0 Å². The number of aromatic nitrogens is 1. The predicted octanol–water partition coefficient (Wildman–Crippen LogP) is 3.99. The first kappa shape index (κ1) is 13.0. The second-order valence-electron chi connectivity index (χ2n) is 3.66. The minimum absolute atomic E-state index is 0.00306. The molecule has 1 aromatic heterocycles. The molecule has 2 aromatic rings. The van der Waals surface area contributed by atoms with E-state index < -0.39 is 4.92 Å². The van der Waals surface area contributed by atoms with Gasteiger partial charge in [0.1, 0.15) is 5.01 Å². The van der Waals surface area contributed by atoms with Crippen LogP contribution in [0.3, 0.4) is 0 Å². The van der Waals surface area contributed by atoms with E-state index in [1.165, 1.54) is 12.1 Å². The van der Waals surface area contributed by atoms with Crippen LogP contribution in [0.25, 0.3) is 0 Å². The summed E-state index contributed by atoms with van der Waals surface area (Å²) in [4.78, 5) is 14.5. The van der Waals surface area contributed by atoms with Gasteiger partial charge in [-0.05, 0) is 28.9 Å². The highest BCUT2D eigenvalue weighted by Gasteiger charge is 2.13. The molecule has 0 bridgehead atoms. The number of nitrogens with one attached hydrogen (secondary N) is 1. The highest BCUT2D eigenvalue weighted by molar-refractivity contribution is 9.10. The molecule has 0 aliphatic heterocycles. The lowest BCUT2D eigenvalue weighted by molar-refractivity contribution is -0.384. The monoisotopic (exact) mass is 327 g/mol. The van der Waals surface area contributed by atoms with Crippen LogP contribution in [0.4, 0.5) is 11.4 Å². The maximum absolute atomic E-state index is 10.7. The van der Waals surface area contributed by atoms with E-state index in [0.717, 1.165) is 9.48 Å². The van der Waals surface area contributed by atoms with Gasteiger partial charge in [-0.25, -0.2) is 4.98 Å². The second kappa shape index (κ2) is 5.45. The molecule has 18 heavy (non-hydrogen) atoms. The average Bonchev–Trinajstić information content (AvgIpc) is 2.85. The molecule has 0 saturated carbocycles. The largest absolute Gasteiger partial charge is 0.375 e. The van der Waals surface area contributed by atoms with Crippen LogP contribution in [0.2, 0.25) is 0 Å². The van der Waals surface area contributed by atoms with Crippen LogP contribution < -0.4 is 5.32 Å². The van der Waals surface area contributed by atoms with Crippen molar-refractivity contribution in [3.8, 4) is 0 Å². The van der Waals surface area contributed by atoms with Crippen LogP contribution in [0.1, 0.15) is 18.0 Å². The Kier molecular flexibility index (Phi) is 3.93. The Bertz CT molecular complexity index is 559. The van der Waals surface area contributed by atoms with E-state index in [-0.39, 0.29) is 11.7 Å². The molecule has 7 heteroatoms. The third-order valence-corrected chi connectivity index (χ3v) is 4.00. The van der Waals surface area contributed by atoms with E-state index in [1.807, 2.05) is 12.3 Å². The summed E-state index contributed by atoms with van der Waals surface area (Å²) >= 11 is 4.91. The number of benzene rings is 1. The molecular formula is C11H10BrN3O2S. The Balaban J connectivity index is 2.23. The average molecular weight is 328 g/mol. The Labute approximate surface area is 116 Å². The van der Waals surface area contributed by atoms with Crippen molar-refractivity contribution >= 4 is 38.6 Å². The number of hydrogen-bond donors (Lipinski definition) is 1. The molecular weight excluding hydrogens is 318 g/mol. The molecule has 1 N–H and O–H groups in total. The second-order valence-corrected chi connectivity index (χ2v) is 5.44. The fourth-order valence-electron chi connectivity index (χ4n) is 1.48. The first-order valence-corrected chi connectivity index (χ1v) is 6.85. The van der Waals surface area contributed by atoms with Gasteiger partial charge in [-0.3, -0.25) is 10.1 Å². The van der Waals surface area contributed by atoms with E-state index in [0.29, 0.717) is 5.69 Å². The highest BCUT2D eigenvalue weighted by atomic mass is 79.9. The van der Waals surface area contributed by atoms with E-state index in [4.69, 9.17) is 0 Å². The van der Waals surface area contributed by atoms with Crippen LogP contribution in [-0.2, 0) is 0 Å². The van der Waals surface area contributed by atoms with Gasteiger partial charge in [0.25, 0.3) is 5.69 Å². The standard InChI is InChI=1S/C11H10BrN3O2S/c1-7(11-13-4-5-18-11)14-10-6-8(15(16)17)2-3-9(10)12/h2-7,14H,1H3. The van der Waals surface area contributed by atoms with Gasteiger partial charge < -0.3 is 5.32 Å². The summed E-state index contributed by atoms with van der Waals surface area (Å²) in [6.07, 6.45) is 1.74. The third-order valence-electron chi connectivity index (χ3n) is 2.35. The van der Waals surface area contributed by atoms with Crippen molar-refractivity contribution in [2.24, 2.45) is 0 Å². The predicted molar refractivity (Wildman–Crippen MR) is 74.9 cm³/mol. The molecule has 1 unspecified atom stereocenters. The summed E-state index contributed by atoms with van der Waals surface area (Å²) in [5.41, 5.74) is 0.749. The number of nitrogens with zero attached hydrogens (tertiary/aromatic N) is 2. The molecule has 1 heterocycles. The number of nitro groups is 1. The lowest BCUT2D eigenvalue weighted by Crippen LogP contribution is -2.06. The molecule has 0 saturated heterocycles. The van der Waals surface area contributed by atoms with Crippen LogP contribution >= 0.6 is 27.3 Å². The van der Waals surface area contributed by atoms with Gasteiger partial charge in [-0.1, -0.05) is 0 Å². The van der Waals surface area contributed by atoms with Crippen LogP contribution in [0, 0.1) is 10.1 Å². The maximum Gasteiger partial charge on any atom is 0.271 e. The number of non-ortho nitro benzene ring substituents is 1. The summed E-state index contributed by atoms with van der Waals surface area (Å²) in [6, 6.07) is 4.63. The van der Waals surface area contributed by atoms with Crippen molar-refractivity contribution in [2.75, 3.05) is 5.32 Å². The van der Waals surface area contributed by atoms with Gasteiger partial charge in [0.15, 0.2) is 0 Å². The number of halogens is 1. The summed E-state index contributed by atoms with van der Waals surface area (Å²) in [6.45, 7) is 1.96. The van der Waals surface area contributed by atoms with Gasteiger partial charge >= 0.3 is 0 Å². The molecule has 0 radical (unpaired) electrons. The first-order valence-electron chi connectivity index (χ1n) is 5.18. The van der Waals surface area contributed by atoms with Crippen molar-refractivity contribution in [1.82, 2.24) is 4.98 Å². The summed E-state index contributed by atoms with van der Waals surface area (Å²) in [7, 11) is 0. The Morgan fingerprint density at radius 3 is 2.94 bits per heavy atom. The molecule has 2 rings (SSSR count). The lowest BCUT2D eigenvalue weighted by Gasteiger charge is -2.13. The van der Waals surface area contributed by atoms with E-state index >= 15 is 0 Å². The van der Waals surface area contributed by atoms with Gasteiger partial charge in [0, 0.05) is 28.2 Å². The van der Waals surface area contributed by atoms with Crippen LogP contribution in [0.15, 0.2) is 34.2 Å². The van der Waals surface area contributed by atoms with E-state index in [9.17, 15) is 10.1 Å². The number of nitro benzene ring substituents is 1. The van der Waals surface area contributed by atoms with Gasteiger partial charge in [0.2, 0.25) is 0 Å². The Morgan fingerprint density at radius 1 is 1.56 bits per heavy atom. The molecule has 1 atom stereocenters. The zero-order valence-corrected chi connectivity index (χ0v) is 11.9. The lowest BCUT2D eigenvalue weighted by atomic mass is 10.2. The molecule has 94 valence electrons. The first-order chi connectivity index (χ1) is 8.58.